The second-order valence-electron chi connectivity index (χ2n) is 8.82. The molecular weight excluding hydrogens is 296 g/mol. The second-order valence-corrected chi connectivity index (χ2v) is 8.82. The van der Waals surface area contributed by atoms with Crippen molar-refractivity contribution >= 4 is 0 Å². The van der Waals surface area contributed by atoms with Crippen molar-refractivity contribution in [2.75, 3.05) is 46.6 Å². The molecule has 4 fully saturated rings. The van der Waals surface area contributed by atoms with Crippen molar-refractivity contribution < 1.29 is 4.48 Å². The first kappa shape index (κ1) is 18.6. The molecule has 0 radical (unpaired) electrons. The molecule has 4 nitrogen and oxygen atoms in total. The first-order valence-electron chi connectivity index (χ1n) is 10.8. The van der Waals surface area contributed by atoms with Crippen LogP contribution in [0.2, 0.25) is 0 Å². The molecule has 0 aromatic carbocycles. The van der Waals surface area contributed by atoms with E-state index in [1.165, 1.54) is 128 Å². The monoisotopic (exact) mass is 337 g/mol. The summed E-state index contributed by atoms with van der Waals surface area (Å²) in [6, 6.07) is 0. The third-order valence-corrected chi connectivity index (χ3v) is 6.19. The van der Waals surface area contributed by atoms with Gasteiger partial charge in [-0.1, -0.05) is 71.1 Å². The Bertz CT molecular complexity index is 322. The maximum Gasteiger partial charge on any atom is 0.139 e. The first-order chi connectivity index (χ1) is 11.8. The molecule has 4 bridgehead atoms. The zero-order valence-electron chi connectivity index (χ0n) is 16.2. The number of unbranched alkanes of at least 4 members (excludes halogenated alkanes) is 11. The standard InChI is InChI=1S/C20H41N4/c1-2-3-4-5-6-7-8-9-10-11-12-13-14-24-18-21-15-22(19-24)17-23(16-21)20-24/h2-20H2,1H3/q+1. The van der Waals surface area contributed by atoms with Crippen LogP contribution in [-0.4, -0.2) is 65.7 Å². The summed E-state index contributed by atoms with van der Waals surface area (Å²) in [5, 5.41) is 0. The van der Waals surface area contributed by atoms with Crippen molar-refractivity contribution in [2.24, 2.45) is 0 Å². The van der Waals surface area contributed by atoms with Gasteiger partial charge in [0.2, 0.25) is 0 Å². The summed E-state index contributed by atoms with van der Waals surface area (Å²) in [4.78, 5) is 7.91. The van der Waals surface area contributed by atoms with Crippen LogP contribution in [0.25, 0.3) is 0 Å². The van der Waals surface area contributed by atoms with Crippen molar-refractivity contribution in [3.8, 4) is 0 Å². The lowest BCUT2D eigenvalue weighted by Gasteiger charge is -2.60. The average molecular weight is 338 g/mol. The Kier molecular flexibility index (Phi) is 7.38. The highest BCUT2D eigenvalue weighted by Crippen LogP contribution is 2.29. The van der Waals surface area contributed by atoms with Crippen molar-refractivity contribution in [2.45, 2.75) is 84.0 Å². The van der Waals surface area contributed by atoms with Gasteiger partial charge in [0, 0.05) is 0 Å². The molecule has 0 saturated carbocycles. The Morgan fingerprint density at radius 1 is 0.542 bits per heavy atom. The van der Waals surface area contributed by atoms with Crippen LogP contribution in [0, 0.1) is 0 Å². The van der Waals surface area contributed by atoms with E-state index in [1.807, 2.05) is 0 Å². The van der Waals surface area contributed by atoms with Gasteiger partial charge in [0.15, 0.2) is 0 Å². The molecule has 4 aliphatic rings. The van der Waals surface area contributed by atoms with E-state index in [0.29, 0.717) is 0 Å². The fourth-order valence-electron chi connectivity index (χ4n) is 5.16. The van der Waals surface area contributed by atoms with Gasteiger partial charge in [-0.25, -0.2) is 14.7 Å². The fourth-order valence-corrected chi connectivity index (χ4v) is 5.16. The molecule has 0 aromatic heterocycles. The molecule has 4 saturated heterocycles. The van der Waals surface area contributed by atoms with E-state index in [0.717, 1.165) is 0 Å². The molecule has 4 aliphatic heterocycles. The predicted octanol–water partition coefficient (Wildman–Crippen LogP) is 4.20. The van der Waals surface area contributed by atoms with Gasteiger partial charge in [0.1, 0.15) is 20.0 Å². The molecule has 4 rings (SSSR count). The smallest absolute Gasteiger partial charge is 0.139 e. The highest BCUT2D eigenvalue weighted by atomic mass is 15.7. The lowest BCUT2D eigenvalue weighted by Crippen LogP contribution is -2.79. The minimum atomic E-state index is 1.22. The van der Waals surface area contributed by atoms with Crippen LogP contribution < -0.4 is 0 Å². The number of quaternary nitrogens is 1. The molecule has 0 atom stereocenters. The summed E-state index contributed by atoms with van der Waals surface area (Å²) in [5.41, 5.74) is 0. The van der Waals surface area contributed by atoms with Gasteiger partial charge in [-0.3, -0.25) is 4.48 Å². The Hall–Kier alpha value is -0.160. The minimum absolute atomic E-state index is 1.22. The van der Waals surface area contributed by atoms with Crippen LogP contribution >= 0.6 is 0 Å². The molecule has 4 heteroatoms. The maximum absolute atomic E-state index is 2.64. The van der Waals surface area contributed by atoms with Gasteiger partial charge in [-0.15, -0.1) is 0 Å². The van der Waals surface area contributed by atoms with Gasteiger partial charge in [0.25, 0.3) is 0 Å². The SMILES string of the molecule is CCCCCCCCCCCCCC[N+]12CN3CN(CN(C3)C1)C2. The van der Waals surface area contributed by atoms with Crippen molar-refractivity contribution in [1.82, 2.24) is 14.7 Å². The van der Waals surface area contributed by atoms with Crippen LogP contribution in [0.1, 0.15) is 84.0 Å². The summed E-state index contributed by atoms with van der Waals surface area (Å²) < 4.78 is 1.33. The normalized spacial score (nSPS) is 34.1. The number of nitrogens with zero attached hydrogens (tertiary/aromatic N) is 4. The topological polar surface area (TPSA) is 9.72 Å². The highest BCUT2D eigenvalue weighted by Gasteiger charge is 2.47. The number of hydrogen-bond acceptors (Lipinski definition) is 3. The van der Waals surface area contributed by atoms with E-state index in [1.54, 1.807) is 0 Å². The van der Waals surface area contributed by atoms with Gasteiger partial charge >= 0.3 is 0 Å². The molecule has 0 amide bonds. The molecule has 0 aromatic rings. The Labute approximate surface area is 150 Å². The third kappa shape index (κ3) is 5.42. The van der Waals surface area contributed by atoms with E-state index in [9.17, 15) is 0 Å². The van der Waals surface area contributed by atoms with Gasteiger partial charge in [-0.05, 0) is 12.8 Å². The van der Waals surface area contributed by atoms with Gasteiger partial charge < -0.3 is 0 Å². The van der Waals surface area contributed by atoms with Crippen LogP contribution in [0.5, 0.6) is 0 Å². The summed E-state index contributed by atoms with van der Waals surface area (Å²) in [7, 11) is 0. The summed E-state index contributed by atoms with van der Waals surface area (Å²) in [6.45, 7) is 11.3. The van der Waals surface area contributed by atoms with Crippen molar-refractivity contribution in [3.05, 3.63) is 0 Å². The molecule has 140 valence electrons. The first-order valence-corrected chi connectivity index (χ1v) is 10.8. The quantitative estimate of drug-likeness (QED) is 0.368. The van der Waals surface area contributed by atoms with Crippen molar-refractivity contribution in [3.63, 3.8) is 0 Å². The predicted molar refractivity (Wildman–Crippen MR) is 101 cm³/mol. The van der Waals surface area contributed by atoms with Crippen LogP contribution in [-0.2, 0) is 0 Å². The molecule has 0 spiro atoms. The van der Waals surface area contributed by atoms with Crippen molar-refractivity contribution in [1.29, 1.82) is 0 Å². The van der Waals surface area contributed by atoms with E-state index >= 15 is 0 Å². The van der Waals surface area contributed by atoms with E-state index < -0.39 is 0 Å². The lowest BCUT2D eigenvalue weighted by atomic mass is 10.0. The summed E-state index contributed by atoms with van der Waals surface area (Å²) in [6.07, 6.45) is 17.5. The molecule has 4 heterocycles. The third-order valence-electron chi connectivity index (χ3n) is 6.19. The summed E-state index contributed by atoms with van der Waals surface area (Å²) in [5.74, 6) is 0. The zero-order chi connectivity index (χ0) is 16.7. The highest BCUT2D eigenvalue weighted by molar-refractivity contribution is 4.73. The van der Waals surface area contributed by atoms with E-state index in [4.69, 9.17) is 0 Å². The Morgan fingerprint density at radius 2 is 0.917 bits per heavy atom. The van der Waals surface area contributed by atoms with Crippen LogP contribution in [0.3, 0.4) is 0 Å². The molecule has 24 heavy (non-hydrogen) atoms. The summed E-state index contributed by atoms with van der Waals surface area (Å²) >= 11 is 0. The second kappa shape index (κ2) is 9.51. The fraction of sp³-hybridized carbons (Fsp3) is 1.00. The van der Waals surface area contributed by atoms with Gasteiger partial charge in [0.05, 0.1) is 26.6 Å². The van der Waals surface area contributed by atoms with Crippen LogP contribution in [0.15, 0.2) is 0 Å². The molecular formula is C20H41N4+. The van der Waals surface area contributed by atoms with Gasteiger partial charge in [-0.2, -0.15) is 0 Å². The Morgan fingerprint density at radius 3 is 1.33 bits per heavy atom. The number of rotatable bonds is 13. The maximum atomic E-state index is 2.64. The lowest BCUT2D eigenvalue weighted by molar-refractivity contribution is -0.980. The minimum Gasteiger partial charge on any atom is -0.286 e. The largest absolute Gasteiger partial charge is 0.286 e. The van der Waals surface area contributed by atoms with E-state index in [2.05, 4.69) is 21.6 Å². The zero-order valence-corrected chi connectivity index (χ0v) is 16.2. The average Bonchev–Trinajstić information content (AvgIpc) is 2.54. The molecule has 0 N–H and O–H groups in total. The van der Waals surface area contributed by atoms with Crippen LogP contribution in [0.4, 0.5) is 0 Å². The molecule has 0 unspecified atom stereocenters. The molecule has 0 aliphatic carbocycles. The van der Waals surface area contributed by atoms with E-state index in [-0.39, 0.29) is 0 Å². The number of hydrogen-bond donors (Lipinski definition) is 0. The Balaban J connectivity index is 1.16.